The lowest BCUT2D eigenvalue weighted by Crippen LogP contribution is -2.01. The molecule has 0 bridgehead atoms. The molecule has 3 rings (SSSR count). The van der Waals surface area contributed by atoms with Gasteiger partial charge in [-0.3, -0.25) is 0 Å². The van der Waals surface area contributed by atoms with E-state index in [1.165, 1.54) is 36.7 Å². The van der Waals surface area contributed by atoms with Crippen molar-refractivity contribution in [3.05, 3.63) is 48.2 Å². The molecule has 0 saturated heterocycles. The van der Waals surface area contributed by atoms with Gasteiger partial charge in [0.2, 0.25) is 0 Å². The molecule has 0 aliphatic heterocycles. The van der Waals surface area contributed by atoms with Crippen molar-refractivity contribution in [2.45, 2.75) is 0 Å². The minimum atomic E-state index is -1.13. The number of nitrogens with zero attached hydrogens (tertiary/aromatic N) is 2. The van der Waals surface area contributed by atoms with E-state index in [-0.39, 0.29) is 11.5 Å². The van der Waals surface area contributed by atoms with Gasteiger partial charge in [-0.15, -0.1) is 0 Å². The summed E-state index contributed by atoms with van der Waals surface area (Å²) in [5.41, 5.74) is 2.07. The first-order chi connectivity index (χ1) is 9.15. The Morgan fingerprint density at radius 1 is 1.26 bits per heavy atom. The van der Waals surface area contributed by atoms with E-state index in [1.807, 2.05) is 0 Å². The van der Waals surface area contributed by atoms with Crippen molar-refractivity contribution in [2.75, 3.05) is 0 Å². The number of hydrogen-bond acceptors (Lipinski definition) is 3. The average Bonchev–Trinajstić information content (AvgIpc) is 2.86. The van der Waals surface area contributed by atoms with Crippen molar-refractivity contribution < 1.29 is 14.3 Å². The molecule has 5 nitrogen and oxygen atoms in total. The highest BCUT2D eigenvalue weighted by atomic mass is 19.1. The maximum atomic E-state index is 12.9. The second kappa shape index (κ2) is 4.16. The smallest absolute Gasteiger partial charge is 0.354 e. The Morgan fingerprint density at radius 2 is 2.00 bits per heavy atom. The molecule has 94 valence electrons. The van der Waals surface area contributed by atoms with Crippen molar-refractivity contribution in [3.8, 4) is 11.3 Å². The molecule has 2 aromatic heterocycles. The van der Waals surface area contributed by atoms with Crippen LogP contribution in [0.3, 0.4) is 0 Å². The van der Waals surface area contributed by atoms with Crippen molar-refractivity contribution in [2.24, 2.45) is 0 Å². The number of hydrogen-bond donors (Lipinski definition) is 2. The van der Waals surface area contributed by atoms with Crippen molar-refractivity contribution in [3.63, 3.8) is 0 Å². The van der Waals surface area contributed by atoms with Crippen LogP contribution < -0.4 is 0 Å². The van der Waals surface area contributed by atoms with Crippen LogP contribution in [0.4, 0.5) is 4.39 Å². The highest BCUT2D eigenvalue weighted by Gasteiger charge is 2.14. The summed E-state index contributed by atoms with van der Waals surface area (Å²) in [4.78, 5) is 22.1. The normalized spacial score (nSPS) is 10.8. The molecule has 0 radical (unpaired) electrons. The largest absolute Gasteiger partial charge is 0.477 e. The zero-order valence-electron chi connectivity index (χ0n) is 9.59. The van der Waals surface area contributed by atoms with Gasteiger partial charge in [0.05, 0.1) is 17.5 Å². The lowest BCUT2D eigenvalue weighted by molar-refractivity contribution is 0.0691. The van der Waals surface area contributed by atoms with Crippen LogP contribution in [-0.2, 0) is 0 Å². The molecule has 0 unspecified atom stereocenters. The summed E-state index contributed by atoms with van der Waals surface area (Å²) in [5.74, 6) is -1.49. The number of benzene rings is 1. The summed E-state index contributed by atoms with van der Waals surface area (Å²) in [6.07, 6.45) is 1.46. The fourth-order valence-corrected chi connectivity index (χ4v) is 1.86. The van der Waals surface area contributed by atoms with Gasteiger partial charge in [-0.1, -0.05) is 0 Å². The molecule has 0 spiro atoms. The summed E-state index contributed by atoms with van der Waals surface area (Å²) >= 11 is 0. The van der Waals surface area contributed by atoms with Gasteiger partial charge >= 0.3 is 5.97 Å². The zero-order valence-corrected chi connectivity index (χ0v) is 9.59. The topological polar surface area (TPSA) is 78.9 Å². The molecular weight excluding hydrogens is 249 g/mol. The van der Waals surface area contributed by atoms with Crippen molar-refractivity contribution in [1.82, 2.24) is 15.0 Å². The third-order valence-corrected chi connectivity index (χ3v) is 2.74. The van der Waals surface area contributed by atoms with Crippen LogP contribution >= 0.6 is 0 Å². The summed E-state index contributed by atoms with van der Waals surface area (Å²) < 4.78 is 12.9. The fourth-order valence-electron chi connectivity index (χ4n) is 1.86. The van der Waals surface area contributed by atoms with E-state index in [0.29, 0.717) is 22.3 Å². The van der Waals surface area contributed by atoms with Crippen molar-refractivity contribution in [1.29, 1.82) is 0 Å². The number of H-pyrrole nitrogens is 1. The number of halogens is 1. The Labute approximate surface area is 106 Å². The van der Waals surface area contributed by atoms with Gasteiger partial charge < -0.3 is 10.1 Å². The maximum Gasteiger partial charge on any atom is 0.354 e. The Balaban J connectivity index is 2.29. The summed E-state index contributed by atoms with van der Waals surface area (Å²) in [7, 11) is 0. The fraction of sp³-hybridized carbons (Fsp3) is 0. The van der Waals surface area contributed by atoms with Gasteiger partial charge in [-0.2, -0.15) is 0 Å². The zero-order chi connectivity index (χ0) is 13.4. The first-order valence-electron chi connectivity index (χ1n) is 5.48. The van der Waals surface area contributed by atoms with Crippen molar-refractivity contribution >= 4 is 17.0 Å². The van der Waals surface area contributed by atoms with Gasteiger partial charge in [-0.05, 0) is 30.3 Å². The number of carbonyl (C=O) groups is 1. The van der Waals surface area contributed by atoms with Gasteiger partial charge in [0.15, 0.2) is 5.69 Å². The summed E-state index contributed by atoms with van der Waals surface area (Å²) in [6.45, 7) is 0. The maximum absolute atomic E-state index is 12.9. The number of carboxylic acids is 1. The predicted molar refractivity (Wildman–Crippen MR) is 66.2 cm³/mol. The summed E-state index contributed by atoms with van der Waals surface area (Å²) in [5, 5.41) is 9.04. The molecule has 0 atom stereocenters. The Morgan fingerprint density at radius 3 is 2.68 bits per heavy atom. The number of fused-ring (bicyclic) bond motifs is 1. The number of rotatable bonds is 2. The van der Waals surface area contributed by atoms with Crippen LogP contribution in [0, 0.1) is 5.82 Å². The molecule has 0 aliphatic carbocycles. The average molecular weight is 257 g/mol. The number of nitrogens with one attached hydrogen (secondary N) is 1. The molecule has 0 aliphatic rings. The predicted octanol–water partition coefficient (Wildman–Crippen LogP) is 2.46. The minimum Gasteiger partial charge on any atom is -0.477 e. The van der Waals surface area contributed by atoms with Crippen LogP contribution in [0.2, 0.25) is 0 Å². The summed E-state index contributed by atoms with van der Waals surface area (Å²) in [6, 6.07) is 7.08. The molecular formula is C13H8FN3O2. The highest BCUT2D eigenvalue weighted by Crippen LogP contribution is 2.25. The third kappa shape index (κ3) is 1.93. The van der Waals surface area contributed by atoms with Crippen LogP contribution in [0.25, 0.3) is 22.3 Å². The highest BCUT2D eigenvalue weighted by molar-refractivity contribution is 5.95. The van der Waals surface area contributed by atoms with E-state index >= 15 is 0 Å². The molecule has 2 N–H and O–H groups in total. The standard InChI is InChI=1S/C13H8FN3O2/c14-8-3-1-7(2-4-8)11-12-9(15-6-16-12)5-10(17-11)13(18)19/h1-6H,(H,15,16)(H,18,19). The van der Waals surface area contributed by atoms with Gasteiger partial charge in [0, 0.05) is 5.56 Å². The molecule has 1 aromatic carbocycles. The molecule has 0 amide bonds. The van der Waals surface area contributed by atoms with Crippen LogP contribution in [-0.4, -0.2) is 26.0 Å². The first-order valence-corrected chi connectivity index (χ1v) is 5.48. The van der Waals surface area contributed by atoms with Crippen LogP contribution in [0.15, 0.2) is 36.7 Å². The molecule has 6 heteroatoms. The number of carboxylic acid groups (broad SMARTS) is 1. The number of aromatic amines is 1. The third-order valence-electron chi connectivity index (χ3n) is 2.74. The Hall–Kier alpha value is -2.76. The van der Waals surface area contributed by atoms with E-state index in [4.69, 9.17) is 5.11 Å². The van der Waals surface area contributed by atoms with Crippen LogP contribution in [0.5, 0.6) is 0 Å². The first kappa shape index (κ1) is 11.3. The minimum absolute atomic E-state index is 0.0870. The quantitative estimate of drug-likeness (QED) is 0.739. The second-order valence-corrected chi connectivity index (χ2v) is 3.97. The molecule has 2 heterocycles. The lowest BCUT2D eigenvalue weighted by atomic mass is 10.1. The second-order valence-electron chi connectivity index (χ2n) is 3.97. The van der Waals surface area contributed by atoms with Gasteiger partial charge in [-0.25, -0.2) is 19.2 Å². The molecule has 0 saturated carbocycles. The van der Waals surface area contributed by atoms with E-state index in [9.17, 15) is 9.18 Å². The Bertz CT molecular complexity index is 765. The number of imidazole rings is 1. The SMILES string of the molecule is O=C(O)c1cc2[nH]cnc2c(-c2ccc(F)cc2)n1. The van der Waals surface area contributed by atoms with E-state index in [0.717, 1.165) is 0 Å². The lowest BCUT2D eigenvalue weighted by Gasteiger charge is -2.04. The number of aromatic carboxylic acids is 1. The monoisotopic (exact) mass is 257 g/mol. The van der Waals surface area contributed by atoms with Gasteiger partial charge in [0.25, 0.3) is 0 Å². The Kier molecular flexibility index (Phi) is 2.49. The molecule has 19 heavy (non-hydrogen) atoms. The van der Waals surface area contributed by atoms with E-state index < -0.39 is 5.97 Å². The molecule has 3 aromatic rings. The number of pyridine rings is 1. The molecule has 0 fully saturated rings. The van der Waals surface area contributed by atoms with E-state index in [1.54, 1.807) is 0 Å². The van der Waals surface area contributed by atoms with Gasteiger partial charge in [0.1, 0.15) is 11.3 Å². The van der Waals surface area contributed by atoms with E-state index in [2.05, 4.69) is 15.0 Å². The van der Waals surface area contributed by atoms with Crippen LogP contribution in [0.1, 0.15) is 10.5 Å². The number of aromatic nitrogens is 3.